The van der Waals surface area contributed by atoms with Crippen molar-refractivity contribution in [3.8, 4) is 0 Å². The number of hydrogen-bond donors (Lipinski definition) is 3. The molecule has 0 aromatic heterocycles. The maximum atomic E-state index is 13.7. The molecule has 0 saturated heterocycles. The zero-order valence-corrected chi connectivity index (χ0v) is 21.7. The van der Waals surface area contributed by atoms with E-state index in [1.165, 1.54) is 12.1 Å². The largest absolute Gasteiger partial charge is 0.390 e. The Morgan fingerprint density at radius 1 is 1.00 bits per heavy atom. The first-order chi connectivity index (χ1) is 16.3. The van der Waals surface area contributed by atoms with Gasteiger partial charge in [0.15, 0.2) is 0 Å². The van der Waals surface area contributed by atoms with Crippen LogP contribution >= 0.6 is 34.4 Å². The summed E-state index contributed by atoms with van der Waals surface area (Å²) in [6.45, 7) is 0.752. The van der Waals surface area contributed by atoms with Crippen LogP contribution in [0.4, 0.5) is 8.78 Å². The minimum absolute atomic E-state index is 0.0952. The van der Waals surface area contributed by atoms with Gasteiger partial charge in [0.1, 0.15) is 11.6 Å². The van der Waals surface area contributed by atoms with Gasteiger partial charge in [0.25, 0.3) is 0 Å². The van der Waals surface area contributed by atoms with Crippen molar-refractivity contribution in [2.45, 2.75) is 36.4 Å². The normalized spacial score (nSPS) is 12.9. The van der Waals surface area contributed by atoms with Gasteiger partial charge >= 0.3 is 0 Å². The van der Waals surface area contributed by atoms with Crippen LogP contribution in [0.25, 0.3) is 0 Å². The second kappa shape index (κ2) is 13.2. The summed E-state index contributed by atoms with van der Waals surface area (Å²) in [4.78, 5) is 13.8. The summed E-state index contributed by atoms with van der Waals surface area (Å²) >= 11 is 3.86. The average Bonchev–Trinajstić information content (AvgIpc) is 2.78. The number of halogens is 3. The smallest absolute Gasteiger partial charge is 0.224 e. The lowest BCUT2D eigenvalue weighted by molar-refractivity contribution is -0.122. The molecule has 0 aliphatic rings. The van der Waals surface area contributed by atoms with Gasteiger partial charge in [-0.25, -0.2) is 8.78 Å². The van der Waals surface area contributed by atoms with E-state index >= 15 is 0 Å². The van der Waals surface area contributed by atoms with Gasteiger partial charge < -0.3 is 15.7 Å². The lowest BCUT2D eigenvalue weighted by Gasteiger charge is -2.25. The number of nitrogens with one attached hydrogen (secondary N) is 2. The van der Waals surface area contributed by atoms with Gasteiger partial charge in [0, 0.05) is 27.6 Å². The van der Waals surface area contributed by atoms with Gasteiger partial charge in [0.05, 0.1) is 18.6 Å². The summed E-state index contributed by atoms with van der Waals surface area (Å²) in [6.07, 6.45) is 1.26. The molecule has 1 amide bonds. The SMILES string of the molecule is CSc1ccc(CC(=O)N[C@@H](Cc2cc(F)cc(F)c2)[C@H](O)CNCc2cccc(I)c2)cc1. The number of rotatable bonds is 11. The van der Waals surface area contributed by atoms with Gasteiger partial charge in [-0.15, -0.1) is 11.8 Å². The predicted molar refractivity (Wildman–Crippen MR) is 141 cm³/mol. The van der Waals surface area contributed by atoms with Crippen molar-refractivity contribution in [1.82, 2.24) is 10.6 Å². The fraction of sp³-hybridized carbons (Fsp3) is 0.269. The molecule has 2 atom stereocenters. The minimum atomic E-state index is -0.961. The van der Waals surface area contributed by atoms with Crippen molar-refractivity contribution in [1.29, 1.82) is 0 Å². The molecule has 180 valence electrons. The number of aliphatic hydroxyl groups excluding tert-OH is 1. The quantitative estimate of drug-likeness (QED) is 0.222. The highest BCUT2D eigenvalue weighted by molar-refractivity contribution is 14.1. The molecule has 0 heterocycles. The third-order valence-electron chi connectivity index (χ3n) is 5.28. The van der Waals surface area contributed by atoms with E-state index in [2.05, 4.69) is 33.2 Å². The first kappa shape index (κ1) is 26.6. The third kappa shape index (κ3) is 8.65. The summed E-state index contributed by atoms with van der Waals surface area (Å²) < 4.78 is 28.5. The fourth-order valence-corrected chi connectivity index (χ4v) is 4.62. The van der Waals surface area contributed by atoms with Crippen LogP contribution in [0.15, 0.2) is 71.6 Å². The molecule has 34 heavy (non-hydrogen) atoms. The molecule has 0 radical (unpaired) electrons. The molecular weight excluding hydrogens is 569 g/mol. The highest BCUT2D eigenvalue weighted by Crippen LogP contribution is 2.16. The molecule has 0 fully saturated rings. The van der Waals surface area contributed by atoms with Crippen LogP contribution in [-0.2, 0) is 24.2 Å². The minimum Gasteiger partial charge on any atom is -0.390 e. The van der Waals surface area contributed by atoms with Crippen molar-refractivity contribution in [2.24, 2.45) is 0 Å². The first-order valence-electron chi connectivity index (χ1n) is 10.8. The van der Waals surface area contributed by atoms with Crippen LogP contribution < -0.4 is 10.6 Å². The van der Waals surface area contributed by atoms with Crippen LogP contribution in [-0.4, -0.2) is 36.0 Å². The molecular formula is C26H27F2IN2O2S. The topological polar surface area (TPSA) is 61.4 Å². The number of hydrogen-bond acceptors (Lipinski definition) is 4. The predicted octanol–water partition coefficient (Wildman–Crippen LogP) is 4.71. The van der Waals surface area contributed by atoms with E-state index < -0.39 is 23.8 Å². The van der Waals surface area contributed by atoms with Gasteiger partial charge in [-0.3, -0.25) is 4.79 Å². The van der Waals surface area contributed by atoms with E-state index in [0.29, 0.717) is 12.1 Å². The standard InChI is InChI=1S/C26H27F2IN2O2S/c1-34-23-7-5-17(6-8-23)13-26(33)31-24(12-19-9-20(27)14-21(28)10-19)25(32)16-30-15-18-3-2-4-22(29)11-18/h2-11,14,24-25,30,32H,12-13,15-16H2,1H3,(H,31,33)/t24-,25+/m0/s1. The number of benzene rings is 3. The van der Waals surface area contributed by atoms with Crippen molar-refractivity contribution >= 4 is 40.3 Å². The number of carbonyl (C=O) groups is 1. The zero-order valence-electron chi connectivity index (χ0n) is 18.7. The Bertz CT molecular complexity index is 1080. The van der Waals surface area contributed by atoms with E-state index in [1.807, 2.05) is 54.8 Å². The highest BCUT2D eigenvalue weighted by Gasteiger charge is 2.22. The van der Waals surface area contributed by atoms with Crippen molar-refractivity contribution < 1.29 is 18.7 Å². The molecule has 0 saturated carbocycles. The Balaban J connectivity index is 1.66. The summed E-state index contributed by atoms with van der Waals surface area (Å²) in [5, 5.41) is 16.9. The fourth-order valence-electron chi connectivity index (χ4n) is 3.61. The number of thioether (sulfide) groups is 1. The van der Waals surface area contributed by atoms with E-state index in [9.17, 15) is 18.7 Å². The second-order valence-electron chi connectivity index (χ2n) is 8.01. The van der Waals surface area contributed by atoms with Crippen molar-refractivity contribution in [3.63, 3.8) is 0 Å². The average molecular weight is 596 g/mol. The third-order valence-corrected chi connectivity index (χ3v) is 6.70. The van der Waals surface area contributed by atoms with Crippen molar-refractivity contribution in [3.05, 3.63) is 98.6 Å². The second-order valence-corrected chi connectivity index (χ2v) is 10.1. The Labute approximate surface area is 216 Å². The molecule has 0 aliphatic heterocycles. The summed E-state index contributed by atoms with van der Waals surface area (Å²) in [7, 11) is 0. The molecule has 0 spiro atoms. The van der Waals surface area contributed by atoms with Crippen LogP contribution in [0.2, 0.25) is 0 Å². The Hall–Kier alpha value is -2.01. The Morgan fingerprint density at radius 3 is 2.35 bits per heavy atom. The van der Waals surface area contributed by atoms with Crippen LogP contribution in [0.3, 0.4) is 0 Å². The molecule has 3 rings (SSSR count). The Kier molecular flexibility index (Phi) is 10.3. The van der Waals surface area contributed by atoms with Gasteiger partial charge in [-0.2, -0.15) is 0 Å². The summed E-state index contributed by atoms with van der Waals surface area (Å²) in [5.41, 5.74) is 2.28. The molecule has 3 aromatic rings. The molecule has 3 aromatic carbocycles. The highest BCUT2D eigenvalue weighted by atomic mass is 127. The van der Waals surface area contributed by atoms with Gasteiger partial charge in [0.2, 0.25) is 5.91 Å². The molecule has 0 unspecified atom stereocenters. The van der Waals surface area contributed by atoms with Crippen molar-refractivity contribution in [2.75, 3.05) is 12.8 Å². The van der Waals surface area contributed by atoms with E-state index in [1.54, 1.807) is 11.8 Å². The maximum Gasteiger partial charge on any atom is 0.224 e. The lowest BCUT2D eigenvalue weighted by atomic mass is 10.00. The molecule has 8 heteroatoms. The maximum absolute atomic E-state index is 13.7. The number of carbonyl (C=O) groups excluding carboxylic acids is 1. The molecule has 4 nitrogen and oxygen atoms in total. The number of amides is 1. The molecule has 0 bridgehead atoms. The van der Waals surface area contributed by atoms with Crippen LogP contribution in [0.5, 0.6) is 0 Å². The van der Waals surface area contributed by atoms with E-state index in [0.717, 1.165) is 25.7 Å². The zero-order chi connectivity index (χ0) is 24.5. The monoisotopic (exact) mass is 596 g/mol. The van der Waals surface area contributed by atoms with Crippen LogP contribution in [0, 0.1) is 15.2 Å². The summed E-state index contributed by atoms with van der Waals surface area (Å²) in [6, 6.07) is 18.2. The van der Waals surface area contributed by atoms with Gasteiger partial charge in [-0.1, -0.05) is 24.3 Å². The van der Waals surface area contributed by atoms with E-state index in [-0.39, 0.29) is 25.3 Å². The molecule has 0 aliphatic carbocycles. The van der Waals surface area contributed by atoms with Crippen LogP contribution in [0.1, 0.15) is 16.7 Å². The van der Waals surface area contributed by atoms with Gasteiger partial charge in [-0.05, 0) is 88.4 Å². The Morgan fingerprint density at radius 2 is 1.71 bits per heavy atom. The summed E-state index contributed by atoms with van der Waals surface area (Å²) in [5.74, 6) is -1.66. The molecule has 3 N–H and O–H groups in total. The lowest BCUT2D eigenvalue weighted by Crippen LogP contribution is -2.49. The number of aliphatic hydroxyl groups is 1. The first-order valence-corrected chi connectivity index (χ1v) is 13.1. The van der Waals surface area contributed by atoms with E-state index in [4.69, 9.17) is 0 Å².